The molecule has 0 saturated carbocycles. The first-order valence-electron chi connectivity index (χ1n) is 6.62. The highest BCUT2D eigenvalue weighted by molar-refractivity contribution is 7.81. The average molecular weight is 306 g/mol. The number of nitrogens with one attached hydrogen (secondary N) is 1. The lowest BCUT2D eigenvalue weighted by Crippen LogP contribution is -2.32. The molecular weight excluding hydrogens is 288 g/mol. The largest absolute Gasteiger partial charge is 0.349 e. The van der Waals surface area contributed by atoms with Gasteiger partial charge in [-0.3, -0.25) is 4.79 Å². The molecule has 1 heterocycles. The van der Waals surface area contributed by atoms with E-state index < -0.39 is 0 Å². The summed E-state index contributed by atoms with van der Waals surface area (Å²) in [5.74, 6) is -0.0505. The van der Waals surface area contributed by atoms with E-state index in [-0.39, 0.29) is 11.2 Å². The fourth-order valence-electron chi connectivity index (χ4n) is 1.80. The zero-order chi connectivity index (χ0) is 14.4. The van der Waals surface area contributed by atoms with Gasteiger partial charge in [0.25, 0.3) is 0 Å². The molecule has 0 bridgehead atoms. The van der Waals surface area contributed by atoms with Gasteiger partial charge in [-0.25, -0.2) is 4.98 Å². The molecule has 1 N–H and O–H groups in total. The predicted molar refractivity (Wildman–Crippen MR) is 86.3 cm³/mol. The van der Waals surface area contributed by atoms with Crippen LogP contribution in [0.4, 0.5) is 0 Å². The third-order valence-electron chi connectivity index (χ3n) is 2.94. The second kappa shape index (κ2) is 7.45. The summed E-state index contributed by atoms with van der Waals surface area (Å²) in [6, 6.07) is 9.91. The number of rotatable bonds is 6. The standard InChI is InChI=1S/C15H18N2OS2/c1-2-12-9-16-14(20-12)10-17-15(18)13(19)8-11-6-4-3-5-7-11/h3-7,9,13,19H,2,8,10H2,1H3,(H,17,18). The number of aromatic nitrogens is 1. The Morgan fingerprint density at radius 3 is 2.80 bits per heavy atom. The Morgan fingerprint density at radius 1 is 1.40 bits per heavy atom. The molecule has 1 atom stereocenters. The van der Waals surface area contributed by atoms with Gasteiger partial charge in [-0.2, -0.15) is 12.6 Å². The van der Waals surface area contributed by atoms with Crippen molar-refractivity contribution in [3.63, 3.8) is 0 Å². The highest BCUT2D eigenvalue weighted by Crippen LogP contribution is 2.13. The molecule has 1 aromatic carbocycles. The van der Waals surface area contributed by atoms with Crippen molar-refractivity contribution in [2.45, 2.75) is 31.6 Å². The zero-order valence-electron chi connectivity index (χ0n) is 11.4. The van der Waals surface area contributed by atoms with Gasteiger partial charge in [0.2, 0.25) is 5.91 Å². The SMILES string of the molecule is CCc1cnc(CNC(=O)C(S)Cc2ccccc2)s1. The van der Waals surface area contributed by atoms with E-state index in [1.807, 2.05) is 36.5 Å². The third-order valence-corrected chi connectivity index (χ3v) is 4.50. The molecule has 20 heavy (non-hydrogen) atoms. The summed E-state index contributed by atoms with van der Waals surface area (Å²) in [4.78, 5) is 17.5. The summed E-state index contributed by atoms with van der Waals surface area (Å²) in [7, 11) is 0. The van der Waals surface area contributed by atoms with Gasteiger partial charge in [-0.1, -0.05) is 37.3 Å². The number of hydrogen-bond acceptors (Lipinski definition) is 4. The Labute approximate surface area is 128 Å². The van der Waals surface area contributed by atoms with Crippen molar-refractivity contribution in [1.82, 2.24) is 10.3 Å². The molecule has 0 saturated heterocycles. The van der Waals surface area contributed by atoms with Crippen LogP contribution in [-0.2, 0) is 24.2 Å². The summed E-state index contributed by atoms with van der Waals surface area (Å²) in [5, 5.41) is 3.50. The molecule has 2 rings (SSSR count). The number of carbonyl (C=O) groups excluding carboxylic acids is 1. The van der Waals surface area contributed by atoms with Gasteiger partial charge in [-0.15, -0.1) is 11.3 Å². The van der Waals surface area contributed by atoms with Crippen LogP contribution in [0.2, 0.25) is 0 Å². The number of amides is 1. The number of aryl methyl sites for hydroxylation is 1. The summed E-state index contributed by atoms with van der Waals surface area (Å²) < 4.78 is 0. The quantitative estimate of drug-likeness (QED) is 0.806. The molecule has 0 fully saturated rings. The van der Waals surface area contributed by atoms with E-state index in [1.165, 1.54) is 4.88 Å². The molecule has 5 heteroatoms. The Hall–Kier alpha value is -1.33. The molecule has 1 unspecified atom stereocenters. The van der Waals surface area contributed by atoms with E-state index in [0.717, 1.165) is 17.0 Å². The van der Waals surface area contributed by atoms with Gasteiger partial charge >= 0.3 is 0 Å². The summed E-state index contributed by atoms with van der Waals surface area (Å²) in [6.07, 6.45) is 3.48. The second-order valence-electron chi connectivity index (χ2n) is 4.50. The minimum Gasteiger partial charge on any atom is -0.349 e. The number of benzene rings is 1. The fraction of sp³-hybridized carbons (Fsp3) is 0.333. The van der Waals surface area contributed by atoms with Gasteiger partial charge in [0.05, 0.1) is 11.8 Å². The van der Waals surface area contributed by atoms with E-state index in [0.29, 0.717) is 13.0 Å². The van der Waals surface area contributed by atoms with Crippen LogP contribution in [0.5, 0.6) is 0 Å². The van der Waals surface area contributed by atoms with Crippen molar-refractivity contribution in [1.29, 1.82) is 0 Å². The molecule has 2 aromatic rings. The van der Waals surface area contributed by atoms with E-state index in [1.54, 1.807) is 11.3 Å². The lowest BCUT2D eigenvalue weighted by atomic mass is 10.1. The number of hydrogen-bond donors (Lipinski definition) is 2. The van der Waals surface area contributed by atoms with Crippen LogP contribution >= 0.6 is 24.0 Å². The highest BCUT2D eigenvalue weighted by atomic mass is 32.1. The predicted octanol–water partition coefficient (Wildman–Crippen LogP) is 2.86. The Bertz CT molecular complexity index is 554. The first-order chi connectivity index (χ1) is 9.69. The number of thiol groups is 1. The van der Waals surface area contributed by atoms with Crippen molar-refractivity contribution < 1.29 is 4.79 Å². The molecular formula is C15H18N2OS2. The maximum absolute atomic E-state index is 12.0. The molecule has 0 aliphatic heterocycles. The molecule has 0 radical (unpaired) electrons. The van der Waals surface area contributed by atoms with E-state index in [2.05, 4.69) is 29.9 Å². The zero-order valence-corrected chi connectivity index (χ0v) is 13.1. The molecule has 0 aliphatic carbocycles. The van der Waals surface area contributed by atoms with Crippen molar-refractivity contribution in [2.75, 3.05) is 0 Å². The van der Waals surface area contributed by atoms with Crippen LogP contribution in [0.3, 0.4) is 0 Å². The molecule has 106 valence electrons. The maximum Gasteiger partial charge on any atom is 0.233 e. The summed E-state index contributed by atoms with van der Waals surface area (Å²) in [5.41, 5.74) is 1.12. The molecule has 1 aromatic heterocycles. The van der Waals surface area contributed by atoms with Crippen molar-refractivity contribution in [3.8, 4) is 0 Å². The lowest BCUT2D eigenvalue weighted by molar-refractivity contribution is -0.120. The first kappa shape index (κ1) is 15.1. The Balaban J connectivity index is 1.82. The van der Waals surface area contributed by atoms with E-state index >= 15 is 0 Å². The van der Waals surface area contributed by atoms with Crippen molar-refractivity contribution >= 4 is 29.9 Å². The lowest BCUT2D eigenvalue weighted by Gasteiger charge is -2.10. The first-order valence-corrected chi connectivity index (χ1v) is 7.95. The molecule has 1 amide bonds. The normalized spacial score (nSPS) is 12.1. The average Bonchev–Trinajstić information content (AvgIpc) is 2.93. The molecule has 0 spiro atoms. The van der Waals surface area contributed by atoms with Gasteiger partial charge in [0.15, 0.2) is 0 Å². The van der Waals surface area contributed by atoms with Gasteiger partial charge < -0.3 is 5.32 Å². The maximum atomic E-state index is 12.0. The van der Waals surface area contributed by atoms with Crippen LogP contribution in [0.1, 0.15) is 22.4 Å². The van der Waals surface area contributed by atoms with Crippen molar-refractivity contribution in [2.24, 2.45) is 0 Å². The molecule has 0 aliphatic rings. The number of carbonyl (C=O) groups is 1. The topological polar surface area (TPSA) is 42.0 Å². The molecule has 3 nitrogen and oxygen atoms in total. The van der Waals surface area contributed by atoms with E-state index in [9.17, 15) is 4.79 Å². The summed E-state index contributed by atoms with van der Waals surface area (Å²) >= 11 is 6.02. The van der Waals surface area contributed by atoms with Crippen LogP contribution in [0.25, 0.3) is 0 Å². The van der Waals surface area contributed by atoms with Gasteiger partial charge in [0.1, 0.15) is 5.01 Å². The van der Waals surface area contributed by atoms with Crippen LogP contribution in [0, 0.1) is 0 Å². The minimum atomic E-state index is -0.331. The summed E-state index contributed by atoms with van der Waals surface area (Å²) in [6.45, 7) is 2.58. The Morgan fingerprint density at radius 2 is 2.15 bits per heavy atom. The highest BCUT2D eigenvalue weighted by Gasteiger charge is 2.14. The number of thiazole rings is 1. The van der Waals surface area contributed by atoms with E-state index in [4.69, 9.17) is 0 Å². The van der Waals surface area contributed by atoms with Gasteiger partial charge in [0, 0.05) is 11.1 Å². The minimum absolute atomic E-state index is 0.0505. The smallest absolute Gasteiger partial charge is 0.233 e. The van der Waals surface area contributed by atoms with Crippen LogP contribution in [-0.4, -0.2) is 16.1 Å². The second-order valence-corrected chi connectivity index (χ2v) is 6.32. The Kier molecular flexibility index (Phi) is 5.61. The third kappa shape index (κ3) is 4.35. The fourth-order valence-corrected chi connectivity index (χ4v) is 2.91. The van der Waals surface area contributed by atoms with Crippen molar-refractivity contribution in [3.05, 3.63) is 52.0 Å². The monoisotopic (exact) mass is 306 g/mol. The van der Waals surface area contributed by atoms with Crippen LogP contribution < -0.4 is 5.32 Å². The van der Waals surface area contributed by atoms with Gasteiger partial charge in [-0.05, 0) is 18.4 Å². The van der Waals surface area contributed by atoms with Crippen LogP contribution in [0.15, 0.2) is 36.5 Å². The number of nitrogens with zero attached hydrogens (tertiary/aromatic N) is 1.